The highest BCUT2D eigenvalue weighted by Gasteiger charge is 2.06. The molecule has 0 aromatic carbocycles. The molecular weight excluding hydrogens is 222 g/mol. The SMILES string of the molecule is CCCn1cncc1CNC(C)CS(C)=O. The first-order valence-electron chi connectivity index (χ1n) is 5.66. The zero-order chi connectivity index (χ0) is 12.0. The lowest BCUT2D eigenvalue weighted by Gasteiger charge is -2.13. The van der Waals surface area contributed by atoms with Crippen LogP contribution in [0.2, 0.25) is 0 Å². The number of hydrogen-bond donors (Lipinski definition) is 1. The average Bonchev–Trinajstić information content (AvgIpc) is 2.62. The molecule has 5 heteroatoms. The maximum atomic E-state index is 11.0. The Kier molecular flexibility index (Phi) is 5.69. The molecule has 0 amide bonds. The van der Waals surface area contributed by atoms with E-state index in [1.807, 2.05) is 12.5 Å². The minimum Gasteiger partial charge on any atom is -0.333 e. The summed E-state index contributed by atoms with van der Waals surface area (Å²) in [5.74, 6) is 0.696. The fourth-order valence-electron chi connectivity index (χ4n) is 1.63. The van der Waals surface area contributed by atoms with Crippen LogP contribution in [0.3, 0.4) is 0 Å². The van der Waals surface area contributed by atoms with E-state index in [1.165, 1.54) is 5.69 Å². The first kappa shape index (κ1) is 13.4. The largest absolute Gasteiger partial charge is 0.333 e. The Balaban J connectivity index is 2.41. The zero-order valence-corrected chi connectivity index (χ0v) is 11.1. The first-order chi connectivity index (χ1) is 7.63. The smallest absolute Gasteiger partial charge is 0.0948 e. The molecule has 16 heavy (non-hydrogen) atoms. The summed E-state index contributed by atoms with van der Waals surface area (Å²) in [5, 5.41) is 3.36. The second-order valence-corrected chi connectivity index (χ2v) is 5.58. The van der Waals surface area contributed by atoms with Crippen LogP contribution in [0.25, 0.3) is 0 Å². The molecule has 1 aromatic rings. The van der Waals surface area contributed by atoms with Crippen molar-refractivity contribution in [3.8, 4) is 0 Å². The minimum absolute atomic E-state index is 0.274. The van der Waals surface area contributed by atoms with Crippen LogP contribution in [0, 0.1) is 0 Å². The molecule has 1 rings (SSSR count). The molecule has 0 saturated carbocycles. The summed E-state index contributed by atoms with van der Waals surface area (Å²) in [6, 6.07) is 0.274. The van der Waals surface area contributed by atoms with Crippen LogP contribution in [-0.2, 0) is 23.9 Å². The topological polar surface area (TPSA) is 46.9 Å². The molecule has 1 N–H and O–H groups in total. The van der Waals surface area contributed by atoms with Gasteiger partial charge < -0.3 is 9.88 Å². The third-order valence-corrected chi connectivity index (χ3v) is 3.35. The van der Waals surface area contributed by atoms with E-state index < -0.39 is 10.8 Å². The maximum absolute atomic E-state index is 11.0. The molecule has 0 fully saturated rings. The Hall–Kier alpha value is -0.680. The predicted molar refractivity (Wildman–Crippen MR) is 67.8 cm³/mol. The third kappa shape index (κ3) is 4.45. The van der Waals surface area contributed by atoms with Crippen LogP contribution in [0.15, 0.2) is 12.5 Å². The van der Waals surface area contributed by atoms with Gasteiger partial charge in [-0.2, -0.15) is 0 Å². The highest BCUT2D eigenvalue weighted by molar-refractivity contribution is 7.84. The lowest BCUT2D eigenvalue weighted by atomic mass is 10.3. The van der Waals surface area contributed by atoms with Crippen molar-refractivity contribution in [1.82, 2.24) is 14.9 Å². The number of aryl methyl sites for hydroxylation is 1. The molecule has 1 aromatic heterocycles. The van der Waals surface area contributed by atoms with Crippen LogP contribution >= 0.6 is 0 Å². The van der Waals surface area contributed by atoms with Crippen LogP contribution in [0.4, 0.5) is 0 Å². The lowest BCUT2D eigenvalue weighted by molar-refractivity contribution is 0.552. The number of hydrogen-bond acceptors (Lipinski definition) is 3. The Morgan fingerprint density at radius 1 is 1.62 bits per heavy atom. The Labute approximate surface area is 99.9 Å². The second kappa shape index (κ2) is 6.81. The molecule has 0 aliphatic carbocycles. The van der Waals surface area contributed by atoms with Crippen molar-refractivity contribution in [2.75, 3.05) is 12.0 Å². The van der Waals surface area contributed by atoms with Crippen LogP contribution in [0.5, 0.6) is 0 Å². The normalized spacial score (nSPS) is 14.9. The fourth-order valence-corrected chi connectivity index (χ4v) is 2.45. The van der Waals surface area contributed by atoms with E-state index in [9.17, 15) is 4.21 Å². The van der Waals surface area contributed by atoms with Gasteiger partial charge in [-0.3, -0.25) is 4.21 Å². The Morgan fingerprint density at radius 2 is 2.38 bits per heavy atom. The lowest BCUT2D eigenvalue weighted by Crippen LogP contribution is -2.31. The second-order valence-electron chi connectivity index (χ2n) is 4.10. The van der Waals surface area contributed by atoms with Gasteiger partial charge in [-0.1, -0.05) is 6.92 Å². The fraction of sp³-hybridized carbons (Fsp3) is 0.727. The summed E-state index contributed by atoms with van der Waals surface area (Å²) in [7, 11) is -0.738. The molecule has 1 heterocycles. The van der Waals surface area contributed by atoms with Gasteiger partial charge in [0.25, 0.3) is 0 Å². The average molecular weight is 243 g/mol. The molecule has 92 valence electrons. The van der Waals surface area contributed by atoms with Gasteiger partial charge >= 0.3 is 0 Å². The summed E-state index contributed by atoms with van der Waals surface area (Å²) in [5.41, 5.74) is 1.19. The summed E-state index contributed by atoms with van der Waals surface area (Å²) >= 11 is 0. The zero-order valence-electron chi connectivity index (χ0n) is 10.3. The van der Waals surface area contributed by atoms with Crippen molar-refractivity contribution < 1.29 is 4.21 Å². The summed E-state index contributed by atoms with van der Waals surface area (Å²) < 4.78 is 13.2. The van der Waals surface area contributed by atoms with Gasteiger partial charge in [0, 0.05) is 48.1 Å². The molecule has 0 bridgehead atoms. The third-order valence-electron chi connectivity index (χ3n) is 2.38. The highest BCUT2D eigenvalue weighted by Crippen LogP contribution is 2.01. The van der Waals surface area contributed by atoms with Gasteiger partial charge in [0.15, 0.2) is 0 Å². The van der Waals surface area contributed by atoms with E-state index >= 15 is 0 Å². The van der Waals surface area contributed by atoms with Crippen molar-refractivity contribution >= 4 is 10.8 Å². The standard InChI is InChI=1S/C11H21N3OS/c1-4-5-14-9-12-6-11(14)7-13-10(2)8-16(3)15/h6,9-10,13H,4-5,7-8H2,1-3H3. The van der Waals surface area contributed by atoms with Gasteiger partial charge in [0.2, 0.25) is 0 Å². The van der Waals surface area contributed by atoms with Crippen molar-refractivity contribution in [2.24, 2.45) is 0 Å². The molecule has 0 saturated heterocycles. The number of nitrogens with zero attached hydrogens (tertiary/aromatic N) is 2. The Morgan fingerprint density at radius 3 is 3.00 bits per heavy atom. The summed E-state index contributed by atoms with van der Waals surface area (Å²) in [6.07, 6.45) is 6.60. The number of aromatic nitrogens is 2. The molecule has 0 aliphatic rings. The van der Waals surface area contributed by atoms with E-state index in [-0.39, 0.29) is 6.04 Å². The predicted octanol–water partition coefficient (Wildman–Crippen LogP) is 1.15. The molecule has 2 atom stereocenters. The maximum Gasteiger partial charge on any atom is 0.0948 e. The van der Waals surface area contributed by atoms with E-state index in [0.717, 1.165) is 19.5 Å². The van der Waals surface area contributed by atoms with Crippen molar-refractivity contribution in [3.63, 3.8) is 0 Å². The van der Waals surface area contributed by atoms with Crippen LogP contribution in [-0.4, -0.2) is 31.8 Å². The van der Waals surface area contributed by atoms with Crippen LogP contribution < -0.4 is 5.32 Å². The number of rotatable bonds is 7. The van der Waals surface area contributed by atoms with E-state index in [0.29, 0.717) is 5.75 Å². The van der Waals surface area contributed by atoms with Gasteiger partial charge in [0.1, 0.15) is 0 Å². The Bertz CT molecular complexity index is 338. The van der Waals surface area contributed by atoms with Crippen LogP contribution in [0.1, 0.15) is 26.0 Å². The van der Waals surface area contributed by atoms with Gasteiger partial charge in [-0.05, 0) is 13.3 Å². The first-order valence-corrected chi connectivity index (χ1v) is 7.38. The quantitative estimate of drug-likeness (QED) is 0.781. The number of imidazole rings is 1. The molecule has 0 radical (unpaired) electrons. The monoisotopic (exact) mass is 243 g/mol. The highest BCUT2D eigenvalue weighted by atomic mass is 32.2. The van der Waals surface area contributed by atoms with Gasteiger partial charge in [-0.25, -0.2) is 4.98 Å². The molecular formula is C11H21N3OS. The van der Waals surface area contributed by atoms with E-state index in [4.69, 9.17) is 0 Å². The molecule has 4 nitrogen and oxygen atoms in total. The number of nitrogens with one attached hydrogen (secondary N) is 1. The van der Waals surface area contributed by atoms with Crippen molar-refractivity contribution in [2.45, 2.75) is 39.4 Å². The molecule has 0 spiro atoms. The van der Waals surface area contributed by atoms with E-state index in [2.05, 4.69) is 28.7 Å². The van der Waals surface area contributed by atoms with Gasteiger partial charge in [-0.15, -0.1) is 0 Å². The summed E-state index contributed by atoms with van der Waals surface area (Å²) in [4.78, 5) is 4.14. The molecule has 0 aliphatic heterocycles. The van der Waals surface area contributed by atoms with E-state index in [1.54, 1.807) is 6.26 Å². The van der Waals surface area contributed by atoms with Crippen molar-refractivity contribution in [3.05, 3.63) is 18.2 Å². The summed E-state index contributed by atoms with van der Waals surface area (Å²) in [6.45, 7) is 6.01. The van der Waals surface area contributed by atoms with Crippen molar-refractivity contribution in [1.29, 1.82) is 0 Å². The van der Waals surface area contributed by atoms with Gasteiger partial charge in [0.05, 0.1) is 12.0 Å². The minimum atomic E-state index is -0.738. The molecule has 2 unspecified atom stereocenters.